The molecule has 0 radical (unpaired) electrons. The highest BCUT2D eigenvalue weighted by Crippen LogP contribution is 2.49. The number of pyridine rings is 1. The summed E-state index contributed by atoms with van der Waals surface area (Å²) >= 11 is 0. The topological polar surface area (TPSA) is 159 Å². The lowest BCUT2D eigenvalue weighted by molar-refractivity contribution is -0.160. The molecular formula is C28H23N5O6S. The molecule has 0 saturated carbocycles. The molecule has 5 rings (SSSR count). The molecule has 12 heteroatoms. The van der Waals surface area contributed by atoms with Crippen LogP contribution in [-0.4, -0.2) is 52.2 Å². The fourth-order valence-corrected chi connectivity index (χ4v) is 7.08. The zero-order valence-electron chi connectivity index (χ0n) is 21.4. The highest BCUT2D eigenvalue weighted by Gasteiger charge is 2.70. The first-order valence-corrected chi connectivity index (χ1v) is 13.8. The number of nitrogens with zero attached hydrogens (tertiary/aromatic N) is 5. The van der Waals surface area contributed by atoms with Crippen LogP contribution in [0.3, 0.4) is 0 Å². The number of hydrogen-bond acceptors (Lipinski definition) is 7. The van der Waals surface area contributed by atoms with Crippen molar-refractivity contribution in [3.05, 3.63) is 117 Å². The molecule has 2 fully saturated rings. The average molecular weight is 558 g/mol. The third-order valence-corrected chi connectivity index (χ3v) is 9.86. The number of β-lactam (4-membered cyclic amide) rings is 1. The summed E-state index contributed by atoms with van der Waals surface area (Å²) in [5.74, 6) is -2.29. The maximum absolute atomic E-state index is 13.7. The molecule has 40 heavy (non-hydrogen) atoms. The van der Waals surface area contributed by atoms with Gasteiger partial charge in [-0.05, 0) is 53.8 Å². The van der Waals surface area contributed by atoms with E-state index in [1.54, 1.807) is 24.3 Å². The lowest BCUT2D eigenvalue weighted by atomic mass is 9.94. The second-order valence-electron chi connectivity index (χ2n) is 9.82. The fourth-order valence-electron chi connectivity index (χ4n) is 4.96. The molecule has 202 valence electrons. The molecule has 0 unspecified atom stereocenters. The van der Waals surface area contributed by atoms with Crippen LogP contribution in [0.2, 0.25) is 0 Å². The van der Waals surface area contributed by atoms with Crippen LogP contribution in [0.5, 0.6) is 0 Å². The SMILES string of the molecule is CC1(C)[C@H](C(=O)OC(c2ccccc2)c2ccccc2)N2C(=O)/C(=C/c3ccc(C(=O)N=[N+]=[N-])cn3)[C@H]2S1(=O)=O. The first kappa shape index (κ1) is 26.8. The predicted molar refractivity (Wildman–Crippen MR) is 144 cm³/mol. The van der Waals surface area contributed by atoms with Gasteiger partial charge >= 0.3 is 5.97 Å². The van der Waals surface area contributed by atoms with E-state index in [-0.39, 0.29) is 16.8 Å². The van der Waals surface area contributed by atoms with Crippen LogP contribution < -0.4 is 0 Å². The lowest BCUT2D eigenvalue weighted by Crippen LogP contribution is -2.59. The molecule has 2 saturated heterocycles. The van der Waals surface area contributed by atoms with Crippen molar-refractivity contribution in [2.75, 3.05) is 0 Å². The highest BCUT2D eigenvalue weighted by molar-refractivity contribution is 7.94. The van der Waals surface area contributed by atoms with E-state index < -0.39 is 49.9 Å². The van der Waals surface area contributed by atoms with E-state index in [4.69, 9.17) is 10.3 Å². The first-order chi connectivity index (χ1) is 19.1. The van der Waals surface area contributed by atoms with E-state index in [0.29, 0.717) is 11.1 Å². The van der Waals surface area contributed by atoms with Crippen LogP contribution in [-0.2, 0) is 24.2 Å². The van der Waals surface area contributed by atoms with Gasteiger partial charge in [0.1, 0.15) is 4.75 Å². The maximum Gasteiger partial charge on any atom is 0.331 e. The van der Waals surface area contributed by atoms with Gasteiger partial charge in [-0.1, -0.05) is 60.7 Å². The number of benzene rings is 2. The van der Waals surface area contributed by atoms with Crippen molar-refractivity contribution in [1.29, 1.82) is 0 Å². The molecule has 0 bridgehead atoms. The summed E-state index contributed by atoms with van der Waals surface area (Å²) in [5.41, 5.74) is 10.0. The maximum atomic E-state index is 13.7. The number of amides is 2. The molecule has 2 aromatic carbocycles. The Labute approximate surface area is 229 Å². The van der Waals surface area contributed by atoms with Crippen molar-refractivity contribution in [2.24, 2.45) is 5.11 Å². The largest absolute Gasteiger partial charge is 0.451 e. The first-order valence-electron chi connectivity index (χ1n) is 12.2. The second-order valence-corrected chi connectivity index (χ2v) is 12.4. The minimum atomic E-state index is -4.06. The number of carbonyl (C=O) groups is 3. The number of rotatable bonds is 6. The monoisotopic (exact) mass is 557 g/mol. The molecule has 1 aromatic heterocycles. The van der Waals surface area contributed by atoms with E-state index in [0.717, 1.165) is 11.1 Å². The van der Waals surface area contributed by atoms with Gasteiger partial charge in [-0.3, -0.25) is 14.6 Å². The molecule has 0 N–H and O–H groups in total. The lowest BCUT2D eigenvalue weighted by Gasteiger charge is -2.38. The third-order valence-electron chi connectivity index (χ3n) is 7.10. The minimum absolute atomic E-state index is 0.0327. The minimum Gasteiger partial charge on any atom is -0.451 e. The molecule has 11 nitrogen and oxygen atoms in total. The van der Waals surface area contributed by atoms with Crippen molar-refractivity contribution in [3.8, 4) is 0 Å². The average Bonchev–Trinajstić information content (AvgIpc) is 3.10. The Kier molecular flexibility index (Phi) is 6.74. The highest BCUT2D eigenvalue weighted by atomic mass is 32.2. The third kappa shape index (κ3) is 4.33. The van der Waals surface area contributed by atoms with Crippen LogP contribution in [0, 0.1) is 0 Å². The van der Waals surface area contributed by atoms with Crippen LogP contribution >= 0.6 is 0 Å². The summed E-state index contributed by atoms with van der Waals surface area (Å²) in [6, 6.07) is 19.5. The second kappa shape index (κ2) is 10.1. The summed E-state index contributed by atoms with van der Waals surface area (Å²) in [4.78, 5) is 46.2. The molecule has 2 aliphatic heterocycles. The van der Waals surface area contributed by atoms with Crippen molar-refractivity contribution in [3.63, 3.8) is 0 Å². The number of fused-ring (bicyclic) bond motifs is 1. The summed E-state index contributed by atoms with van der Waals surface area (Å²) in [5, 5.41) is 1.63. The van der Waals surface area contributed by atoms with Gasteiger partial charge in [0.15, 0.2) is 27.4 Å². The Balaban J connectivity index is 1.46. The van der Waals surface area contributed by atoms with E-state index in [2.05, 4.69) is 15.0 Å². The number of hydrogen-bond donors (Lipinski definition) is 0. The van der Waals surface area contributed by atoms with Crippen molar-refractivity contribution >= 4 is 33.7 Å². The van der Waals surface area contributed by atoms with Crippen molar-refractivity contribution < 1.29 is 27.5 Å². The van der Waals surface area contributed by atoms with E-state index in [9.17, 15) is 22.8 Å². The molecule has 2 amide bonds. The molecule has 0 aliphatic carbocycles. The Hall–Kier alpha value is -4.80. The van der Waals surface area contributed by atoms with Gasteiger partial charge in [-0.25, -0.2) is 13.2 Å². The standard InChI is InChI=1S/C28H23N5O6S/c1-28(2)23(27(36)39-22(17-9-5-3-6-10-17)18-11-7-4-8-12-18)33-25(35)21(26(33)40(28,37)38)15-20-14-13-19(16-30-20)24(34)31-32-29/h3-16,22-23,26H,1-2H3/b21-15-/t23-,26+/m0/s1. The normalized spacial score (nSPS) is 21.3. The molecular weight excluding hydrogens is 534 g/mol. The van der Waals surface area contributed by atoms with E-state index >= 15 is 0 Å². The van der Waals surface area contributed by atoms with Gasteiger partial charge in [0.05, 0.1) is 11.3 Å². The Morgan fingerprint density at radius 2 is 1.65 bits per heavy atom. The summed E-state index contributed by atoms with van der Waals surface area (Å²) in [7, 11) is -4.06. The van der Waals surface area contributed by atoms with Gasteiger partial charge < -0.3 is 9.64 Å². The fraction of sp³-hybridized carbons (Fsp3) is 0.214. The molecule has 3 aromatic rings. The van der Waals surface area contributed by atoms with Crippen LogP contribution in [0.15, 0.2) is 89.7 Å². The van der Waals surface area contributed by atoms with E-state index in [1.165, 1.54) is 32.1 Å². The quantitative estimate of drug-likeness (QED) is 0.111. The van der Waals surface area contributed by atoms with Crippen molar-refractivity contribution in [2.45, 2.75) is 36.1 Å². The van der Waals surface area contributed by atoms with Gasteiger partial charge in [-0.2, -0.15) is 0 Å². The van der Waals surface area contributed by atoms with Gasteiger partial charge in [0, 0.05) is 16.7 Å². The number of ether oxygens (including phenoxy) is 1. The zero-order chi connectivity index (χ0) is 28.7. The number of aromatic nitrogens is 1. The van der Waals surface area contributed by atoms with Gasteiger partial charge in [-0.15, -0.1) is 0 Å². The summed E-state index contributed by atoms with van der Waals surface area (Å²) in [6.45, 7) is 2.82. The summed E-state index contributed by atoms with van der Waals surface area (Å²) in [6.07, 6.45) is 1.66. The van der Waals surface area contributed by atoms with E-state index in [1.807, 2.05) is 36.4 Å². The van der Waals surface area contributed by atoms with Crippen LogP contribution in [0.1, 0.15) is 47.1 Å². The smallest absolute Gasteiger partial charge is 0.331 e. The van der Waals surface area contributed by atoms with Gasteiger partial charge in [0.2, 0.25) is 0 Å². The number of carbonyl (C=O) groups excluding carboxylic acids is 3. The van der Waals surface area contributed by atoms with Crippen LogP contribution in [0.4, 0.5) is 0 Å². The molecule has 0 spiro atoms. The molecule has 2 aliphatic rings. The molecule has 2 atom stereocenters. The Morgan fingerprint density at radius 3 is 2.17 bits per heavy atom. The van der Waals surface area contributed by atoms with Crippen LogP contribution in [0.25, 0.3) is 16.5 Å². The predicted octanol–water partition coefficient (Wildman–Crippen LogP) is 3.99. The zero-order valence-corrected chi connectivity index (χ0v) is 22.2. The van der Waals surface area contributed by atoms with Crippen molar-refractivity contribution in [1.82, 2.24) is 9.88 Å². The number of sulfone groups is 1. The number of azide groups is 1. The summed E-state index contributed by atoms with van der Waals surface area (Å²) < 4.78 is 31.6. The Morgan fingerprint density at radius 1 is 1.05 bits per heavy atom. The van der Waals surface area contributed by atoms with Gasteiger partial charge in [0.25, 0.3) is 11.8 Å². The molecule has 3 heterocycles. The Bertz CT molecular complexity index is 1640. The number of esters is 1.